The van der Waals surface area contributed by atoms with E-state index in [9.17, 15) is 9.59 Å². The summed E-state index contributed by atoms with van der Waals surface area (Å²) in [7, 11) is 0. The SMILES string of the molecule is Cc1oc(-c2cccs2)nc1CC(=O)OCC(=O)NCCc1ccc(C(C)C)cc1. The van der Waals surface area contributed by atoms with Crippen molar-refractivity contribution in [3.8, 4) is 10.8 Å². The molecule has 0 unspecified atom stereocenters. The largest absolute Gasteiger partial charge is 0.455 e. The van der Waals surface area contributed by atoms with Gasteiger partial charge >= 0.3 is 5.97 Å². The van der Waals surface area contributed by atoms with E-state index in [4.69, 9.17) is 9.15 Å². The number of carbonyl (C=O) groups is 2. The molecule has 0 fully saturated rings. The van der Waals surface area contributed by atoms with Crippen LogP contribution in [0.1, 0.15) is 42.3 Å². The van der Waals surface area contributed by atoms with E-state index in [0.29, 0.717) is 29.8 Å². The van der Waals surface area contributed by atoms with Gasteiger partial charge in [-0.05, 0) is 41.8 Å². The van der Waals surface area contributed by atoms with E-state index in [1.54, 1.807) is 6.92 Å². The van der Waals surface area contributed by atoms with Crippen molar-refractivity contribution in [1.29, 1.82) is 0 Å². The quantitative estimate of drug-likeness (QED) is 0.517. The van der Waals surface area contributed by atoms with Crippen LogP contribution in [0.5, 0.6) is 0 Å². The molecule has 7 heteroatoms. The van der Waals surface area contributed by atoms with E-state index < -0.39 is 5.97 Å². The van der Waals surface area contributed by atoms with Gasteiger partial charge in [-0.3, -0.25) is 9.59 Å². The number of benzene rings is 1. The lowest BCUT2D eigenvalue weighted by molar-refractivity contribution is -0.147. The molecule has 3 aromatic rings. The number of oxazole rings is 1. The highest BCUT2D eigenvalue weighted by Crippen LogP contribution is 2.26. The first kappa shape index (κ1) is 21.8. The number of carbonyl (C=O) groups excluding carboxylic acids is 2. The predicted molar refractivity (Wildman–Crippen MR) is 116 cm³/mol. The minimum Gasteiger partial charge on any atom is -0.455 e. The van der Waals surface area contributed by atoms with Crippen LogP contribution in [-0.2, 0) is 27.2 Å². The van der Waals surface area contributed by atoms with Gasteiger partial charge < -0.3 is 14.5 Å². The van der Waals surface area contributed by atoms with E-state index in [0.717, 1.165) is 16.9 Å². The van der Waals surface area contributed by atoms with Gasteiger partial charge in [0.2, 0.25) is 5.89 Å². The predicted octanol–water partition coefficient (Wildman–Crippen LogP) is 4.28. The van der Waals surface area contributed by atoms with Crippen LogP contribution in [0.3, 0.4) is 0 Å². The number of thiophene rings is 1. The Morgan fingerprint density at radius 3 is 2.63 bits per heavy atom. The van der Waals surface area contributed by atoms with E-state index in [1.165, 1.54) is 16.9 Å². The summed E-state index contributed by atoms with van der Waals surface area (Å²) in [5.74, 6) is 0.728. The average molecular weight is 427 g/mol. The molecule has 0 saturated carbocycles. The summed E-state index contributed by atoms with van der Waals surface area (Å²) < 4.78 is 10.7. The number of ether oxygens (including phenoxy) is 1. The van der Waals surface area contributed by atoms with Gasteiger partial charge in [-0.15, -0.1) is 11.3 Å². The molecule has 0 aliphatic carbocycles. The lowest BCUT2D eigenvalue weighted by Gasteiger charge is -2.08. The number of aryl methyl sites for hydroxylation is 1. The maximum Gasteiger partial charge on any atom is 0.312 e. The number of aromatic nitrogens is 1. The van der Waals surface area contributed by atoms with Crippen LogP contribution in [0.2, 0.25) is 0 Å². The van der Waals surface area contributed by atoms with Crippen molar-refractivity contribution in [3.63, 3.8) is 0 Å². The first-order valence-corrected chi connectivity index (χ1v) is 10.8. The highest BCUT2D eigenvalue weighted by molar-refractivity contribution is 7.13. The molecule has 0 saturated heterocycles. The Hall–Kier alpha value is -2.93. The summed E-state index contributed by atoms with van der Waals surface area (Å²) in [6, 6.07) is 12.2. The number of rotatable bonds is 9. The highest BCUT2D eigenvalue weighted by atomic mass is 32.1. The molecule has 2 aromatic heterocycles. The number of nitrogens with one attached hydrogen (secondary N) is 1. The van der Waals surface area contributed by atoms with Gasteiger partial charge in [0.25, 0.3) is 5.91 Å². The lowest BCUT2D eigenvalue weighted by Crippen LogP contribution is -2.30. The summed E-state index contributed by atoms with van der Waals surface area (Å²) in [5.41, 5.74) is 2.97. The average Bonchev–Trinajstić information content (AvgIpc) is 3.37. The smallest absolute Gasteiger partial charge is 0.312 e. The molecule has 0 aliphatic rings. The Morgan fingerprint density at radius 2 is 1.97 bits per heavy atom. The zero-order valence-corrected chi connectivity index (χ0v) is 18.3. The maximum absolute atomic E-state index is 12.1. The molecule has 30 heavy (non-hydrogen) atoms. The van der Waals surface area contributed by atoms with Crippen molar-refractivity contribution < 1.29 is 18.7 Å². The van der Waals surface area contributed by atoms with Crippen LogP contribution >= 0.6 is 11.3 Å². The summed E-state index contributed by atoms with van der Waals surface area (Å²) in [6.45, 7) is 6.25. The number of hydrogen-bond donors (Lipinski definition) is 1. The molecule has 158 valence electrons. The van der Waals surface area contributed by atoms with E-state index in [-0.39, 0.29) is 18.9 Å². The first-order valence-electron chi connectivity index (χ1n) is 9.93. The summed E-state index contributed by atoms with van der Waals surface area (Å²) >= 11 is 1.51. The fourth-order valence-electron chi connectivity index (χ4n) is 2.90. The first-order chi connectivity index (χ1) is 14.4. The van der Waals surface area contributed by atoms with Crippen molar-refractivity contribution in [2.75, 3.05) is 13.2 Å². The third-order valence-corrected chi connectivity index (χ3v) is 5.54. The van der Waals surface area contributed by atoms with E-state index in [1.807, 2.05) is 17.5 Å². The zero-order chi connectivity index (χ0) is 21.5. The molecule has 0 radical (unpaired) electrons. The molecule has 6 nitrogen and oxygen atoms in total. The normalized spacial score (nSPS) is 10.9. The summed E-state index contributed by atoms with van der Waals surface area (Å²) in [4.78, 5) is 29.3. The van der Waals surface area contributed by atoms with Crippen molar-refractivity contribution in [3.05, 3.63) is 64.4 Å². The number of esters is 1. The van der Waals surface area contributed by atoms with Gasteiger partial charge in [-0.1, -0.05) is 44.2 Å². The molecule has 0 bridgehead atoms. The van der Waals surface area contributed by atoms with E-state index >= 15 is 0 Å². The van der Waals surface area contributed by atoms with E-state index in [2.05, 4.69) is 48.4 Å². The fraction of sp³-hybridized carbons (Fsp3) is 0.348. The van der Waals surface area contributed by atoms with Gasteiger partial charge in [0.05, 0.1) is 17.0 Å². The van der Waals surface area contributed by atoms with Crippen LogP contribution in [0, 0.1) is 6.92 Å². The Labute approximate surface area is 180 Å². The second-order valence-corrected chi connectivity index (χ2v) is 8.28. The Morgan fingerprint density at radius 1 is 1.20 bits per heavy atom. The minimum atomic E-state index is -0.511. The second kappa shape index (κ2) is 10.2. The van der Waals surface area contributed by atoms with Crippen LogP contribution in [0.4, 0.5) is 0 Å². The molecular weight excluding hydrogens is 400 g/mol. The molecular formula is C23H26N2O4S. The van der Waals surface area contributed by atoms with Gasteiger partial charge in [0.1, 0.15) is 5.76 Å². The molecule has 0 spiro atoms. The van der Waals surface area contributed by atoms with Crippen molar-refractivity contribution in [2.45, 2.75) is 39.5 Å². The third kappa shape index (κ3) is 6.03. The number of hydrogen-bond acceptors (Lipinski definition) is 6. The molecule has 2 heterocycles. The van der Waals surface area contributed by atoms with Crippen LogP contribution in [0.15, 0.2) is 46.2 Å². The van der Waals surface area contributed by atoms with Gasteiger partial charge in [-0.2, -0.15) is 0 Å². The molecule has 1 aromatic carbocycles. The van der Waals surface area contributed by atoms with Crippen LogP contribution in [0.25, 0.3) is 10.8 Å². The number of nitrogens with zero attached hydrogens (tertiary/aromatic N) is 1. The standard InChI is InChI=1S/C23H26N2O4S/c1-15(2)18-8-6-17(7-9-18)10-11-24-21(26)14-28-22(27)13-19-16(3)29-23(25-19)20-5-4-12-30-20/h4-9,12,15H,10-11,13-14H2,1-3H3,(H,24,26). The molecule has 3 rings (SSSR count). The lowest BCUT2D eigenvalue weighted by atomic mass is 10.0. The van der Waals surface area contributed by atoms with Crippen molar-refractivity contribution >= 4 is 23.2 Å². The monoisotopic (exact) mass is 426 g/mol. The van der Waals surface area contributed by atoms with Gasteiger partial charge in [0.15, 0.2) is 6.61 Å². The van der Waals surface area contributed by atoms with Crippen LogP contribution < -0.4 is 5.32 Å². The van der Waals surface area contributed by atoms with Gasteiger partial charge in [0, 0.05) is 6.54 Å². The number of amides is 1. The molecule has 0 aliphatic heterocycles. The van der Waals surface area contributed by atoms with Crippen LogP contribution in [-0.4, -0.2) is 30.0 Å². The molecule has 1 amide bonds. The topological polar surface area (TPSA) is 81.4 Å². The second-order valence-electron chi connectivity index (χ2n) is 7.33. The maximum atomic E-state index is 12.1. The fourth-order valence-corrected chi connectivity index (χ4v) is 3.55. The Bertz CT molecular complexity index is 975. The summed E-state index contributed by atoms with van der Waals surface area (Å²) in [5, 5.41) is 4.71. The third-order valence-electron chi connectivity index (χ3n) is 4.68. The highest BCUT2D eigenvalue weighted by Gasteiger charge is 2.16. The molecule has 1 N–H and O–H groups in total. The zero-order valence-electron chi connectivity index (χ0n) is 17.4. The van der Waals surface area contributed by atoms with Gasteiger partial charge in [-0.25, -0.2) is 4.98 Å². The molecule has 0 atom stereocenters. The minimum absolute atomic E-state index is 0.0316. The Kier molecular flexibility index (Phi) is 7.41. The van der Waals surface area contributed by atoms with Crippen molar-refractivity contribution in [2.24, 2.45) is 0 Å². The Balaban J connectivity index is 1.39. The summed E-state index contributed by atoms with van der Waals surface area (Å²) in [6.07, 6.45) is 0.692. The van der Waals surface area contributed by atoms with Crippen molar-refractivity contribution in [1.82, 2.24) is 10.3 Å².